The molecule has 7 heteroatoms. The third kappa shape index (κ3) is 2.89. The zero-order chi connectivity index (χ0) is 12.3. The number of aliphatic hydroxyl groups is 4. The second-order valence-corrected chi connectivity index (χ2v) is 3.57. The predicted molar refractivity (Wildman–Crippen MR) is 50.2 cm³/mol. The van der Waals surface area contributed by atoms with Crippen LogP contribution < -0.4 is 0 Å². The number of aliphatic hydroxyl groups excluding tert-OH is 4. The van der Waals surface area contributed by atoms with Crippen LogP contribution in [0.5, 0.6) is 0 Å². The predicted octanol–water partition coefficient (Wildman–Crippen LogP) is -2.26. The lowest BCUT2D eigenvalue weighted by molar-refractivity contribution is -0.287. The van der Waals surface area contributed by atoms with Gasteiger partial charge in [0.2, 0.25) is 0 Å². The van der Waals surface area contributed by atoms with E-state index in [1.54, 1.807) is 6.92 Å². The largest absolute Gasteiger partial charge is 0.463 e. The number of hydrogen-bond donors (Lipinski definition) is 4. The summed E-state index contributed by atoms with van der Waals surface area (Å²) in [5, 5.41) is 37.1. The average molecular weight is 236 g/mol. The Morgan fingerprint density at radius 1 is 1.19 bits per heavy atom. The SMILES string of the molecule is CCC(=O)OC[C@H]1O[C@H](O)[C@H](O)[C@@H](O)[C@H]1O. The molecule has 0 saturated carbocycles. The zero-order valence-corrected chi connectivity index (χ0v) is 8.81. The van der Waals surface area contributed by atoms with E-state index in [0.29, 0.717) is 0 Å². The molecule has 4 N–H and O–H groups in total. The molecular weight excluding hydrogens is 220 g/mol. The maximum atomic E-state index is 10.9. The molecule has 0 radical (unpaired) electrons. The molecule has 0 spiro atoms. The summed E-state index contributed by atoms with van der Waals surface area (Å²) in [4.78, 5) is 10.9. The molecule has 16 heavy (non-hydrogen) atoms. The van der Waals surface area contributed by atoms with E-state index in [4.69, 9.17) is 14.6 Å². The lowest BCUT2D eigenvalue weighted by atomic mass is 9.99. The van der Waals surface area contributed by atoms with Gasteiger partial charge in [-0.3, -0.25) is 4.79 Å². The summed E-state index contributed by atoms with van der Waals surface area (Å²) in [7, 11) is 0. The highest BCUT2D eigenvalue weighted by atomic mass is 16.6. The van der Waals surface area contributed by atoms with Crippen molar-refractivity contribution < 1.29 is 34.7 Å². The van der Waals surface area contributed by atoms with E-state index in [1.165, 1.54) is 0 Å². The Morgan fingerprint density at radius 3 is 2.38 bits per heavy atom. The Bertz CT molecular complexity index is 244. The number of carbonyl (C=O) groups is 1. The van der Waals surface area contributed by atoms with Crippen molar-refractivity contribution in [2.75, 3.05) is 6.61 Å². The van der Waals surface area contributed by atoms with E-state index < -0.39 is 36.7 Å². The van der Waals surface area contributed by atoms with Gasteiger partial charge in [-0.15, -0.1) is 0 Å². The highest BCUT2D eigenvalue weighted by Crippen LogP contribution is 2.20. The van der Waals surface area contributed by atoms with Crippen LogP contribution in [-0.2, 0) is 14.3 Å². The minimum Gasteiger partial charge on any atom is -0.463 e. The van der Waals surface area contributed by atoms with Crippen molar-refractivity contribution in [1.82, 2.24) is 0 Å². The van der Waals surface area contributed by atoms with Gasteiger partial charge in [0, 0.05) is 6.42 Å². The van der Waals surface area contributed by atoms with Gasteiger partial charge in [0.1, 0.15) is 31.0 Å². The molecule has 0 unspecified atom stereocenters. The average Bonchev–Trinajstić information content (AvgIpc) is 2.28. The molecule has 0 aliphatic carbocycles. The van der Waals surface area contributed by atoms with Crippen LogP contribution in [0.15, 0.2) is 0 Å². The van der Waals surface area contributed by atoms with Crippen LogP contribution in [0.2, 0.25) is 0 Å². The molecular formula is C9H16O7. The van der Waals surface area contributed by atoms with Crippen molar-refractivity contribution in [3.63, 3.8) is 0 Å². The van der Waals surface area contributed by atoms with Crippen LogP contribution in [-0.4, -0.2) is 63.7 Å². The van der Waals surface area contributed by atoms with Crippen molar-refractivity contribution in [1.29, 1.82) is 0 Å². The number of carbonyl (C=O) groups excluding carboxylic acids is 1. The van der Waals surface area contributed by atoms with Gasteiger partial charge in [-0.2, -0.15) is 0 Å². The van der Waals surface area contributed by atoms with Crippen molar-refractivity contribution >= 4 is 5.97 Å². The fourth-order valence-electron chi connectivity index (χ4n) is 1.35. The zero-order valence-electron chi connectivity index (χ0n) is 8.81. The molecule has 7 nitrogen and oxygen atoms in total. The monoisotopic (exact) mass is 236 g/mol. The second-order valence-electron chi connectivity index (χ2n) is 3.57. The molecule has 0 aromatic carbocycles. The number of hydrogen-bond acceptors (Lipinski definition) is 7. The highest BCUT2D eigenvalue weighted by molar-refractivity contribution is 5.68. The van der Waals surface area contributed by atoms with E-state index in [9.17, 15) is 20.1 Å². The topological polar surface area (TPSA) is 116 Å². The summed E-state index contributed by atoms with van der Waals surface area (Å²) in [6.45, 7) is 1.32. The van der Waals surface area contributed by atoms with Gasteiger partial charge in [0.15, 0.2) is 6.29 Å². The van der Waals surface area contributed by atoms with Gasteiger partial charge >= 0.3 is 5.97 Å². The van der Waals surface area contributed by atoms with Gasteiger partial charge in [-0.1, -0.05) is 6.92 Å². The highest BCUT2D eigenvalue weighted by Gasteiger charge is 2.43. The first-order valence-electron chi connectivity index (χ1n) is 5.00. The van der Waals surface area contributed by atoms with Crippen molar-refractivity contribution in [2.45, 2.75) is 44.1 Å². The molecule has 0 aromatic heterocycles. The fourth-order valence-corrected chi connectivity index (χ4v) is 1.35. The van der Waals surface area contributed by atoms with Crippen LogP contribution in [0.25, 0.3) is 0 Å². The van der Waals surface area contributed by atoms with Crippen LogP contribution in [0, 0.1) is 0 Å². The lowest BCUT2D eigenvalue weighted by Gasteiger charge is -2.37. The first-order chi connectivity index (χ1) is 7.47. The second kappa shape index (κ2) is 5.55. The summed E-state index contributed by atoms with van der Waals surface area (Å²) < 4.78 is 9.50. The molecule has 1 fully saturated rings. The number of ether oxygens (including phenoxy) is 2. The Morgan fingerprint density at radius 2 is 1.81 bits per heavy atom. The van der Waals surface area contributed by atoms with Gasteiger partial charge in [0.05, 0.1) is 0 Å². The van der Waals surface area contributed by atoms with Gasteiger partial charge < -0.3 is 29.9 Å². The molecule has 5 atom stereocenters. The van der Waals surface area contributed by atoms with Crippen molar-refractivity contribution in [3.8, 4) is 0 Å². The maximum Gasteiger partial charge on any atom is 0.305 e. The maximum absolute atomic E-state index is 10.9. The van der Waals surface area contributed by atoms with Gasteiger partial charge in [0.25, 0.3) is 0 Å². The first-order valence-corrected chi connectivity index (χ1v) is 5.00. The molecule has 1 aliphatic rings. The minimum atomic E-state index is -1.61. The molecule has 94 valence electrons. The number of esters is 1. The normalized spacial score (nSPS) is 39.4. The molecule has 1 heterocycles. The van der Waals surface area contributed by atoms with Crippen molar-refractivity contribution in [2.24, 2.45) is 0 Å². The van der Waals surface area contributed by atoms with Crippen LogP contribution in [0.4, 0.5) is 0 Å². The molecule has 0 amide bonds. The molecule has 0 aromatic rings. The summed E-state index contributed by atoms with van der Waals surface area (Å²) in [6, 6.07) is 0. The standard InChI is InChI=1S/C9H16O7/c1-2-5(10)15-3-4-6(11)7(12)8(13)9(14)16-4/h4,6-9,11-14H,2-3H2,1H3/t4-,6+,7+,8-,9+/m1/s1. The van der Waals surface area contributed by atoms with E-state index in [1.807, 2.05) is 0 Å². The van der Waals surface area contributed by atoms with E-state index in [2.05, 4.69) is 0 Å². The van der Waals surface area contributed by atoms with Crippen molar-refractivity contribution in [3.05, 3.63) is 0 Å². The Hall–Kier alpha value is -0.730. The fraction of sp³-hybridized carbons (Fsp3) is 0.889. The third-order valence-corrected chi connectivity index (χ3v) is 2.38. The van der Waals surface area contributed by atoms with Gasteiger partial charge in [-0.05, 0) is 0 Å². The van der Waals surface area contributed by atoms with Crippen LogP contribution in [0.3, 0.4) is 0 Å². The Labute approximate surface area is 92.2 Å². The molecule has 1 aliphatic heterocycles. The summed E-state index contributed by atoms with van der Waals surface area (Å²) in [5.41, 5.74) is 0. The third-order valence-electron chi connectivity index (χ3n) is 2.38. The smallest absolute Gasteiger partial charge is 0.305 e. The van der Waals surface area contributed by atoms with E-state index in [0.717, 1.165) is 0 Å². The van der Waals surface area contributed by atoms with Crippen LogP contribution in [0.1, 0.15) is 13.3 Å². The summed E-state index contributed by atoms with van der Waals surface area (Å²) in [6.07, 6.45) is -7.01. The summed E-state index contributed by atoms with van der Waals surface area (Å²) in [5.74, 6) is -0.481. The minimum absolute atomic E-state index is 0.177. The lowest BCUT2D eigenvalue weighted by Crippen LogP contribution is -2.58. The first kappa shape index (κ1) is 13.3. The quantitative estimate of drug-likeness (QED) is 0.408. The Kier molecular flexibility index (Phi) is 4.63. The van der Waals surface area contributed by atoms with Crippen LogP contribution >= 0.6 is 0 Å². The molecule has 0 bridgehead atoms. The molecule has 1 saturated heterocycles. The van der Waals surface area contributed by atoms with Gasteiger partial charge in [-0.25, -0.2) is 0 Å². The number of rotatable bonds is 3. The Balaban J connectivity index is 2.50. The molecule has 1 rings (SSSR count). The van der Waals surface area contributed by atoms with E-state index in [-0.39, 0.29) is 13.0 Å². The van der Waals surface area contributed by atoms with E-state index >= 15 is 0 Å². The summed E-state index contributed by atoms with van der Waals surface area (Å²) >= 11 is 0.